The number of rotatable bonds is 4. The van der Waals surface area contributed by atoms with Crippen molar-refractivity contribution in [3.05, 3.63) is 168 Å². The van der Waals surface area contributed by atoms with Crippen LogP contribution in [-0.2, 0) is 21.7 Å². The molecule has 0 unspecified atom stereocenters. The van der Waals surface area contributed by atoms with Gasteiger partial charge in [0.25, 0.3) is 0 Å². The van der Waals surface area contributed by atoms with Crippen molar-refractivity contribution in [3.8, 4) is 0 Å². The Kier molecular flexibility index (Phi) is 19.8. The third kappa shape index (κ3) is 14.9. The van der Waals surface area contributed by atoms with E-state index in [1.807, 2.05) is 101 Å². The number of anilines is 2. The van der Waals surface area contributed by atoms with Crippen molar-refractivity contribution in [2.45, 2.75) is 63.4 Å². The van der Waals surface area contributed by atoms with Crippen LogP contribution in [0.25, 0.3) is 0 Å². The molecule has 0 spiro atoms. The Morgan fingerprint density at radius 2 is 0.926 bits per heavy atom. The Balaban J connectivity index is 0.000000188. The summed E-state index contributed by atoms with van der Waals surface area (Å²) in [6.07, 6.45) is 8.58. The summed E-state index contributed by atoms with van der Waals surface area (Å²) in [5, 5.41) is 10.2. The van der Waals surface area contributed by atoms with Gasteiger partial charge in [-0.1, -0.05) is 49.6 Å². The van der Waals surface area contributed by atoms with Crippen LogP contribution >= 0.6 is 0 Å². The molecule has 3 aliphatic rings. The van der Waals surface area contributed by atoms with Gasteiger partial charge in [0.05, 0.1) is 0 Å². The Labute approximate surface area is 332 Å². The molecule has 1 aliphatic carbocycles. The van der Waals surface area contributed by atoms with Crippen LogP contribution in [0, 0.1) is 47.5 Å². The van der Waals surface area contributed by atoms with Gasteiger partial charge in [0.2, 0.25) is 0 Å². The number of carbonyl (C=O) groups excluding carboxylic acids is 1. The van der Waals surface area contributed by atoms with Crippen molar-refractivity contribution in [1.82, 2.24) is 0 Å². The monoisotopic (exact) mass is 770 g/mol. The predicted octanol–water partition coefficient (Wildman–Crippen LogP) is 10.3. The van der Waals surface area contributed by atoms with E-state index in [0.717, 1.165) is 71.1 Å². The topological polar surface area (TPSA) is 43.8 Å². The quantitative estimate of drug-likeness (QED) is 0.0856. The fourth-order valence-electron chi connectivity index (χ4n) is 6.18. The summed E-state index contributed by atoms with van der Waals surface area (Å²) in [7, 11) is 0. The van der Waals surface area contributed by atoms with E-state index in [4.69, 9.17) is 0 Å². The SMILES string of the molecule is Fc1[c-]c(F)c(N2CCCC2)cc1.Fc1[c-]c(F)c(N2CCCC2)cc1.O=C(c1ccccc1)C1(O)CCCCC1.[Ti+4].[c-]1ccccc1.[c-]1ccccc1. The standard InChI is InChI=1S/C13H16O2.2C10H10F2N.2C6H5.Ti/c14-12(11-7-3-1-4-8-11)13(15)9-5-2-6-10-13;2*11-8-3-4-10(9(12)7-8)13-5-1-2-6-13;2*1-2-4-6-5-3-1;/h1,3-4,7-8,15H,2,5-6,9-10H2;2*3-4H,1-2,5-6H2;2*1-5H;/q;4*-1;+4. The van der Waals surface area contributed by atoms with Crippen LogP contribution < -0.4 is 9.80 Å². The summed E-state index contributed by atoms with van der Waals surface area (Å²) < 4.78 is 51.4. The Morgan fingerprint density at radius 1 is 0.537 bits per heavy atom. The average Bonchev–Trinajstić information content (AvgIpc) is 3.94. The van der Waals surface area contributed by atoms with Gasteiger partial charge in [-0.2, -0.15) is 72.8 Å². The third-order valence-corrected chi connectivity index (χ3v) is 8.93. The molecule has 1 N–H and O–H groups in total. The van der Waals surface area contributed by atoms with Crippen molar-refractivity contribution in [2.24, 2.45) is 0 Å². The van der Waals surface area contributed by atoms with E-state index >= 15 is 0 Å². The zero-order valence-corrected chi connectivity index (χ0v) is 32.0. The number of nitrogens with zero attached hydrogens (tertiary/aromatic N) is 2. The van der Waals surface area contributed by atoms with Gasteiger partial charge in [-0.05, 0) is 49.9 Å². The number of hydrogen-bond acceptors (Lipinski definition) is 4. The molecule has 3 fully saturated rings. The Bertz CT molecular complexity index is 1600. The number of hydrogen-bond donors (Lipinski definition) is 1. The van der Waals surface area contributed by atoms with Crippen LogP contribution in [0.1, 0.15) is 68.1 Å². The molecular weight excluding hydrogens is 724 g/mol. The third-order valence-electron chi connectivity index (χ3n) is 8.93. The summed E-state index contributed by atoms with van der Waals surface area (Å²) in [6, 6.07) is 43.6. The molecule has 1 saturated carbocycles. The van der Waals surface area contributed by atoms with Crippen LogP contribution in [0.15, 0.2) is 115 Å². The largest absolute Gasteiger partial charge is 4.00 e. The van der Waals surface area contributed by atoms with Gasteiger partial charge in [0, 0.05) is 55.0 Å². The molecule has 4 nitrogen and oxygen atoms in total. The minimum absolute atomic E-state index is 0. The first kappa shape index (κ1) is 44.2. The van der Waals surface area contributed by atoms with Crippen LogP contribution in [0.3, 0.4) is 0 Å². The molecule has 0 aromatic heterocycles. The van der Waals surface area contributed by atoms with Crippen molar-refractivity contribution >= 4 is 17.2 Å². The minimum Gasteiger partial charge on any atom is -0.421 e. The van der Waals surface area contributed by atoms with Crippen molar-refractivity contribution in [2.75, 3.05) is 36.0 Å². The maximum atomic E-state index is 13.2. The molecule has 9 heteroatoms. The van der Waals surface area contributed by atoms with Crippen molar-refractivity contribution < 1.29 is 49.2 Å². The van der Waals surface area contributed by atoms with Gasteiger partial charge in [-0.15, -0.1) is 36.4 Å². The molecule has 2 aliphatic heterocycles. The van der Waals surface area contributed by atoms with Gasteiger partial charge in [0.15, 0.2) is 5.78 Å². The number of ketones is 1. The molecule has 5 aromatic carbocycles. The van der Waals surface area contributed by atoms with E-state index in [9.17, 15) is 27.5 Å². The summed E-state index contributed by atoms with van der Waals surface area (Å²) in [5.74, 6) is -2.55. The van der Waals surface area contributed by atoms with E-state index in [-0.39, 0.29) is 27.5 Å². The van der Waals surface area contributed by atoms with Gasteiger partial charge < -0.3 is 14.9 Å². The normalized spacial score (nSPS) is 15.3. The van der Waals surface area contributed by atoms with Gasteiger partial charge in [0.1, 0.15) is 5.60 Å². The molecule has 280 valence electrons. The molecule has 8 rings (SSSR count). The first-order valence-corrected chi connectivity index (χ1v) is 18.2. The van der Waals surface area contributed by atoms with Crippen LogP contribution in [0.4, 0.5) is 28.9 Å². The number of Topliss-reactive ketones (excluding diaryl/α,β-unsaturated/α-hetero) is 1. The van der Waals surface area contributed by atoms with Gasteiger partial charge in [-0.25, -0.2) is 17.6 Å². The molecule has 2 heterocycles. The van der Waals surface area contributed by atoms with E-state index in [1.165, 1.54) is 24.3 Å². The zero-order valence-electron chi connectivity index (χ0n) is 30.4. The fraction of sp³-hybridized carbons (Fsp3) is 0.311. The van der Waals surface area contributed by atoms with Crippen LogP contribution in [0.5, 0.6) is 0 Å². The number of halogens is 4. The minimum atomic E-state index is -1.10. The molecule has 0 atom stereocenters. The average molecular weight is 771 g/mol. The fourth-order valence-corrected chi connectivity index (χ4v) is 6.18. The second-order valence-corrected chi connectivity index (χ2v) is 12.8. The maximum absolute atomic E-state index is 13.2. The zero-order chi connectivity index (χ0) is 37.7. The molecule has 54 heavy (non-hydrogen) atoms. The molecule has 5 aromatic rings. The second kappa shape index (κ2) is 24.2. The second-order valence-electron chi connectivity index (χ2n) is 12.8. The maximum Gasteiger partial charge on any atom is 4.00 e. The Morgan fingerprint density at radius 3 is 1.26 bits per heavy atom. The molecule has 0 radical (unpaired) electrons. The summed E-state index contributed by atoms with van der Waals surface area (Å²) >= 11 is 0. The number of benzene rings is 5. The van der Waals surface area contributed by atoms with Crippen LogP contribution in [-0.4, -0.2) is 42.7 Å². The van der Waals surface area contributed by atoms with Crippen LogP contribution in [0.2, 0.25) is 0 Å². The number of carbonyl (C=O) groups is 1. The molecule has 0 bridgehead atoms. The number of aliphatic hydroxyl groups is 1. The Hall–Kier alpha value is -4.24. The van der Waals surface area contributed by atoms with Gasteiger partial charge in [-0.3, -0.25) is 4.79 Å². The van der Waals surface area contributed by atoms with E-state index in [1.54, 1.807) is 12.1 Å². The smallest absolute Gasteiger partial charge is 0.421 e. The first-order chi connectivity index (χ1) is 25.8. The van der Waals surface area contributed by atoms with Crippen molar-refractivity contribution in [1.29, 1.82) is 0 Å². The predicted molar refractivity (Wildman–Crippen MR) is 203 cm³/mol. The van der Waals surface area contributed by atoms with E-state index in [2.05, 4.69) is 12.1 Å². The van der Waals surface area contributed by atoms with Crippen molar-refractivity contribution in [3.63, 3.8) is 0 Å². The molecule has 0 amide bonds. The summed E-state index contributed by atoms with van der Waals surface area (Å²) in [4.78, 5) is 15.9. The van der Waals surface area contributed by atoms with Gasteiger partial charge >= 0.3 is 21.7 Å². The summed E-state index contributed by atoms with van der Waals surface area (Å²) in [6.45, 7) is 3.43. The van der Waals surface area contributed by atoms with E-state index < -0.39 is 28.9 Å². The molecule has 2 saturated heterocycles. The van der Waals surface area contributed by atoms with E-state index in [0.29, 0.717) is 29.8 Å². The molecular formula is C45H46F4N2O2Ti. The summed E-state index contributed by atoms with van der Waals surface area (Å²) in [5.41, 5.74) is 0.472. The first-order valence-electron chi connectivity index (χ1n) is 18.2.